The van der Waals surface area contributed by atoms with Crippen molar-refractivity contribution in [3.63, 3.8) is 0 Å². The number of H-pyrrole nitrogens is 1. The van der Waals surface area contributed by atoms with E-state index in [9.17, 15) is 14.4 Å². The number of hydrogen-bond donors (Lipinski definition) is 1. The van der Waals surface area contributed by atoms with Gasteiger partial charge in [0.05, 0.1) is 12.1 Å². The van der Waals surface area contributed by atoms with Gasteiger partial charge in [0.1, 0.15) is 5.39 Å². The molecule has 0 amide bonds. The molecule has 0 saturated heterocycles. The molecule has 0 aliphatic heterocycles. The second kappa shape index (κ2) is 5.31. The van der Waals surface area contributed by atoms with Crippen molar-refractivity contribution in [1.29, 1.82) is 0 Å². The first kappa shape index (κ1) is 14.3. The van der Waals surface area contributed by atoms with Crippen molar-refractivity contribution in [2.24, 2.45) is 7.05 Å². The summed E-state index contributed by atoms with van der Waals surface area (Å²) in [5, 5.41) is 3.15. The maximum atomic E-state index is 12.5. The number of pyridine rings is 1. The third-order valence-electron chi connectivity index (χ3n) is 3.42. The first-order chi connectivity index (χ1) is 10.5. The van der Waals surface area contributed by atoms with Crippen molar-refractivity contribution >= 4 is 22.5 Å². The molecule has 1 aromatic carbocycles. The lowest BCUT2D eigenvalue weighted by atomic mass is 10.2. The van der Waals surface area contributed by atoms with Crippen molar-refractivity contribution in [3.05, 3.63) is 78.0 Å². The van der Waals surface area contributed by atoms with E-state index in [2.05, 4.69) is 5.10 Å². The summed E-state index contributed by atoms with van der Waals surface area (Å²) in [4.78, 5) is 36.2. The second-order valence-corrected chi connectivity index (χ2v) is 5.41. The molecule has 0 bridgehead atoms. The van der Waals surface area contributed by atoms with Gasteiger partial charge in [0.15, 0.2) is 0 Å². The number of aromatic amines is 1. The van der Waals surface area contributed by atoms with Crippen LogP contribution >= 0.6 is 11.6 Å². The molecule has 0 unspecified atom stereocenters. The molecular formula is C15H12ClN3O3. The van der Waals surface area contributed by atoms with Crippen molar-refractivity contribution in [2.75, 3.05) is 0 Å². The number of hydrogen-bond acceptors (Lipinski definition) is 3. The van der Waals surface area contributed by atoms with Gasteiger partial charge in [0, 0.05) is 18.3 Å². The van der Waals surface area contributed by atoms with Crippen molar-refractivity contribution < 1.29 is 0 Å². The van der Waals surface area contributed by atoms with Crippen LogP contribution in [0.15, 0.2) is 50.9 Å². The number of halogens is 1. The molecule has 3 aromatic rings. The van der Waals surface area contributed by atoms with Crippen LogP contribution in [0.1, 0.15) is 5.56 Å². The van der Waals surface area contributed by atoms with E-state index in [4.69, 9.17) is 11.6 Å². The molecule has 2 aromatic heterocycles. The Hall–Kier alpha value is -2.60. The molecular weight excluding hydrogens is 306 g/mol. The molecule has 2 heterocycles. The topological polar surface area (TPSA) is 76.9 Å². The Morgan fingerprint density at radius 2 is 1.91 bits per heavy atom. The number of nitrogens with zero attached hydrogens (tertiary/aromatic N) is 2. The van der Waals surface area contributed by atoms with Gasteiger partial charge in [-0.05, 0) is 23.8 Å². The fourth-order valence-electron chi connectivity index (χ4n) is 2.33. The lowest BCUT2D eigenvalue weighted by Gasteiger charge is -2.08. The van der Waals surface area contributed by atoms with Gasteiger partial charge in [-0.25, -0.2) is 0 Å². The van der Waals surface area contributed by atoms with E-state index in [1.165, 1.54) is 11.6 Å². The van der Waals surface area contributed by atoms with Crippen molar-refractivity contribution in [3.8, 4) is 0 Å². The smallest absolute Gasteiger partial charge is 0.310 e. The highest BCUT2D eigenvalue weighted by atomic mass is 35.5. The van der Waals surface area contributed by atoms with Crippen LogP contribution in [0.4, 0.5) is 0 Å². The fourth-order valence-corrected chi connectivity index (χ4v) is 2.55. The third kappa shape index (κ3) is 2.37. The predicted molar refractivity (Wildman–Crippen MR) is 84.6 cm³/mol. The van der Waals surface area contributed by atoms with E-state index in [1.54, 1.807) is 30.5 Å². The van der Waals surface area contributed by atoms with Crippen LogP contribution in [0.25, 0.3) is 10.9 Å². The predicted octanol–water partition coefficient (Wildman–Crippen LogP) is 1.09. The van der Waals surface area contributed by atoms with Crippen molar-refractivity contribution in [2.45, 2.75) is 6.54 Å². The molecule has 3 rings (SSSR count). The number of benzene rings is 1. The maximum Gasteiger partial charge on any atom is 0.313 e. The lowest BCUT2D eigenvalue weighted by molar-refractivity contribution is 0.712. The van der Waals surface area contributed by atoms with Gasteiger partial charge in [-0.15, -0.1) is 0 Å². The molecule has 0 saturated carbocycles. The molecule has 6 nitrogen and oxygen atoms in total. The quantitative estimate of drug-likeness (QED) is 0.719. The largest absolute Gasteiger partial charge is 0.313 e. The molecule has 22 heavy (non-hydrogen) atoms. The van der Waals surface area contributed by atoms with E-state index in [1.807, 2.05) is 6.07 Å². The minimum Gasteiger partial charge on any atom is -0.310 e. The number of rotatable bonds is 2. The standard InChI is InChI=1S/C15H12ClN3O3/c1-18-15(22)13(20)12-11(17-18)5-6-19(14(12)21)8-9-3-2-4-10(16)7-9/h2-7,17H,8H2,1H3. The summed E-state index contributed by atoms with van der Waals surface area (Å²) in [5.41, 5.74) is -0.906. The minimum absolute atomic E-state index is 0.132. The first-order valence-electron chi connectivity index (χ1n) is 6.54. The summed E-state index contributed by atoms with van der Waals surface area (Å²) in [5.74, 6) is 0. The highest BCUT2D eigenvalue weighted by molar-refractivity contribution is 6.30. The van der Waals surface area contributed by atoms with Crippen LogP contribution < -0.4 is 16.5 Å². The van der Waals surface area contributed by atoms with Gasteiger partial charge in [0.25, 0.3) is 11.0 Å². The van der Waals surface area contributed by atoms with E-state index < -0.39 is 16.5 Å². The molecule has 0 aliphatic rings. The number of nitrogens with one attached hydrogen (secondary N) is 1. The summed E-state index contributed by atoms with van der Waals surface area (Å²) >= 11 is 5.92. The Balaban J connectivity index is 2.21. The summed E-state index contributed by atoms with van der Waals surface area (Å²) < 4.78 is 2.44. The molecule has 0 radical (unpaired) electrons. The SMILES string of the molecule is Cn1[nH]c2ccn(Cc3cccc(Cl)c3)c(=O)c2c(=O)c1=O. The summed E-state index contributed by atoms with van der Waals surface area (Å²) in [6.45, 7) is 0.268. The normalized spacial score (nSPS) is 11.0. The molecule has 0 atom stereocenters. The molecule has 7 heteroatoms. The van der Waals surface area contributed by atoms with Crippen LogP contribution in [0.2, 0.25) is 5.02 Å². The molecule has 0 fully saturated rings. The zero-order valence-corrected chi connectivity index (χ0v) is 12.4. The van der Waals surface area contributed by atoms with Crippen LogP contribution in [0.5, 0.6) is 0 Å². The lowest BCUT2D eigenvalue weighted by Crippen LogP contribution is -2.38. The van der Waals surface area contributed by atoms with Crippen LogP contribution in [0.3, 0.4) is 0 Å². The average molecular weight is 318 g/mol. The Labute approximate surface area is 129 Å². The zero-order valence-electron chi connectivity index (χ0n) is 11.7. The highest BCUT2D eigenvalue weighted by Crippen LogP contribution is 2.11. The van der Waals surface area contributed by atoms with Gasteiger partial charge in [-0.2, -0.15) is 0 Å². The Morgan fingerprint density at radius 1 is 1.14 bits per heavy atom. The highest BCUT2D eigenvalue weighted by Gasteiger charge is 2.11. The first-order valence-corrected chi connectivity index (χ1v) is 6.92. The Bertz CT molecular complexity index is 1050. The van der Waals surface area contributed by atoms with Gasteiger partial charge < -0.3 is 4.57 Å². The van der Waals surface area contributed by atoms with E-state index in [0.717, 1.165) is 10.2 Å². The molecule has 1 N–H and O–H groups in total. The Morgan fingerprint density at radius 3 is 2.64 bits per heavy atom. The fraction of sp³-hybridized carbons (Fsp3) is 0.133. The summed E-state index contributed by atoms with van der Waals surface area (Å²) in [6, 6.07) is 8.69. The van der Waals surface area contributed by atoms with Crippen LogP contribution in [-0.4, -0.2) is 14.3 Å². The van der Waals surface area contributed by atoms with Crippen LogP contribution in [0, 0.1) is 0 Å². The van der Waals surface area contributed by atoms with E-state index in [0.29, 0.717) is 10.5 Å². The van der Waals surface area contributed by atoms with Gasteiger partial charge in [-0.3, -0.25) is 24.2 Å². The third-order valence-corrected chi connectivity index (χ3v) is 3.66. The summed E-state index contributed by atoms with van der Waals surface area (Å²) in [7, 11) is 1.43. The minimum atomic E-state index is -0.804. The summed E-state index contributed by atoms with van der Waals surface area (Å²) in [6.07, 6.45) is 1.58. The van der Waals surface area contributed by atoms with Gasteiger partial charge >= 0.3 is 5.56 Å². The average Bonchev–Trinajstić information content (AvgIpc) is 2.48. The number of aryl methyl sites for hydroxylation is 1. The van der Waals surface area contributed by atoms with E-state index >= 15 is 0 Å². The van der Waals surface area contributed by atoms with Crippen LogP contribution in [-0.2, 0) is 13.6 Å². The molecule has 0 spiro atoms. The zero-order chi connectivity index (χ0) is 15.9. The van der Waals surface area contributed by atoms with Gasteiger partial charge in [0.2, 0.25) is 0 Å². The Kier molecular flexibility index (Phi) is 3.46. The molecule has 0 aliphatic carbocycles. The monoisotopic (exact) mass is 317 g/mol. The van der Waals surface area contributed by atoms with E-state index in [-0.39, 0.29) is 11.9 Å². The number of fused-ring (bicyclic) bond motifs is 1. The molecule has 112 valence electrons. The second-order valence-electron chi connectivity index (χ2n) is 4.97. The number of aromatic nitrogens is 3. The van der Waals surface area contributed by atoms with Crippen molar-refractivity contribution in [1.82, 2.24) is 14.3 Å². The maximum absolute atomic E-state index is 12.5. The van der Waals surface area contributed by atoms with Gasteiger partial charge in [-0.1, -0.05) is 23.7 Å².